The lowest BCUT2D eigenvalue weighted by atomic mass is 10.3. The zero-order valence-corrected chi connectivity index (χ0v) is 13.5. The molecule has 1 rings (SSSR count). The van der Waals surface area contributed by atoms with Crippen LogP contribution in [0, 0.1) is 0 Å². The second kappa shape index (κ2) is 7.06. The number of nitrogens with zero attached hydrogens (tertiary/aromatic N) is 1. The molecule has 0 fully saturated rings. The first-order chi connectivity index (χ1) is 9.66. The van der Waals surface area contributed by atoms with Gasteiger partial charge in [0.2, 0.25) is 10.0 Å². The number of sulfonamides is 1. The molecule has 1 aromatic heterocycles. The maximum absolute atomic E-state index is 12.1. The summed E-state index contributed by atoms with van der Waals surface area (Å²) in [7, 11) is -3.87. The van der Waals surface area contributed by atoms with Gasteiger partial charge in [0.15, 0.2) is 0 Å². The number of esters is 1. The van der Waals surface area contributed by atoms with E-state index in [1.807, 2.05) is 20.8 Å². The Morgan fingerprint density at radius 1 is 1.38 bits per heavy atom. The second-order valence-corrected chi connectivity index (χ2v) is 6.54. The Balaban J connectivity index is 3.00. The fourth-order valence-corrected chi connectivity index (χ4v) is 2.30. The number of hydrogen-bond donors (Lipinski definition) is 1. The molecule has 0 amide bonds. The summed E-state index contributed by atoms with van der Waals surface area (Å²) in [6, 6.07) is 1.12. The fourth-order valence-electron chi connectivity index (χ4n) is 1.76. The van der Waals surface area contributed by atoms with Gasteiger partial charge in [-0.3, -0.25) is 0 Å². The van der Waals surface area contributed by atoms with Crippen molar-refractivity contribution in [2.75, 3.05) is 13.2 Å². The van der Waals surface area contributed by atoms with Gasteiger partial charge < -0.3 is 14.0 Å². The van der Waals surface area contributed by atoms with Crippen molar-refractivity contribution in [3.05, 3.63) is 18.0 Å². The first kappa shape index (κ1) is 17.7. The maximum Gasteiger partial charge on any atom is 0.355 e. The van der Waals surface area contributed by atoms with E-state index in [0.29, 0.717) is 6.61 Å². The van der Waals surface area contributed by atoms with Crippen molar-refractivity contribution < 1.29 is 22.7 Å². The molecule has 0 aliphatic heterocycles. The average Bonchev–Trinajstić information content (AvgIpc) is 2.81. The summed E-state index contributed by atoms with van der Waals surface area (Å²) in [5.41, 5.74) is 0.150. The van der Waals surface area contributed by atoms with Gasteiger partial charge in [0.1, 0.15) is 16.7 Å². The Morgan fingerprint density at radius 2 is 2.00 bits per heavy atom. The first-order valence-corrected chi connectivity index (χ1v) is 8.24. The molecule has 8 heteroatoms. The van der Waals surface area contributed by atoms with Crippen LogP contribution in [0.25, 0.3) is 0 Å². The molecule has 120 valence electrons. The lowest BCUT2D eigenvalue weighted by molar-refractivity contribution is 0.00335. The molecule has 0 aromatic carbocycles. The normalized spacial score (nSPS) is 13.4. The molecule has 0 bridgehead atoms. The molecule has 1 aromatic rings. The lowest BCUT2D eigenvalue weighted by Crippen LogP contribution is -2.22. The molecule has 0 saturated heterocycles. The largest absolute Gasteiger partial charge is 0.456 e. The highest BCUT2D eigenvalue weighted by atomic mass is 32.2. The number of carbonyl (C=O) groups excluding carboxylic acids is 1. The van der Waals surface area contributed by atoms with Crippen molar-refractivity contribution in [2.45, 2.75) is 44.7 Å². The molecular formula is C13H22N2O5S. The number of nitrogens with two attached hydrogens (primary N) is 1. The van der Waals surface area contributed by atoms with Crippen LogP contribution in [0.3, 0.4) is 0 Å². The summed E-state index contributed by atoms with van der Waals surface area (Å²) in [5.74, 6) is -0.606. The summed E-state index contributed by atoms with van der Waals surface area (Å²) in [5, 5.41) is 5.09. The lowest BCUT2D eigenvalue weighted by Gasteiger charge is -2.15. The van der Waals surface area contributed by atoms with Gasteiger partial charge in [0.05, 0.1) is 6.61 Å². The van der Waals surface area contributed by atoms with Crippen LogP contribution in [-0.2, 0) is 19.5 Å². The molecule has 2 N–H and O–H groups in total. The van der Waals surface area contributed by atoms with Gasteiger partial charge in [0, 0.05) is 18.8 Å². The molecule has 1 atom stereocenters. The molecule has 0 radical (unpaired) electrons. The second-order valence-electron chi connectivity index (χ2n) is 4.98. The molecule has 1 unspecified atom stereocenters. The smallest absolute Gasteiger partial charge is 0.355 e. The third-order valence-electron chi connectivity index (χ3n) is 2.78. The summed E-state index contributed by atoms with van der Waals surface area (Å²) >= 11 is 0. The number of ether oxygens (including phenoxy) is 2. The van der Waals surface area contributed by atoms with Gasteiger partial charge >= 0.3 is 5.97 Å². The minimum Gasteiger partial charge on any atom is -0.456 e. The van der Waals surface area contributed by atoms with Crippen LogP contribution in [0.5, 0.6) is 0 Å². The van der Waals surface area contributed by atoms with E-state index in [4.69, 9.17) is 14.6 Å². The van der Waals surface area contributed by atoms with Crippen LogP contribution in [0.1, 0.15) is 44.2 Å². The van der Waals surface area contributed by atoms with Crippen molar-refractivity contribution in [2.24, 2.45) is 5.14 Å². The van der Waals surface area contributed by atoms with Gasteiger partial charge in [0.25, 0.3) is 0 Å². The van der Waals surface area contributed by atoms with Crippen molar-refractivity contribution in [1.29, 1.82) is 0 Å². The summed E-state index contributed by atoms with van der Waals surface area (Å²) < 4.78 is 34.7. The first-order valence-electron chi connectivity index (χ1n) is 6.70. The molecule has 21 heavy (non-hydrogen) atoms. The molecule has 0 aliphatic rings. The minimum absolute atomic E-state index is 0.106. The van der Waals surface area contributed by atoms with E-state index >= 15 is 0 Å². The highest BCUT2D eigenvalue weighted by Gasteiger charge is 2.22. The minimum atomic E-state index is -3.87. The monoisotopic (exact) mass is 318 g/mol. The number of rotatable bonds is 7. The van der Waals surface area contributed by atoms with E-state index in [1.54, 1.807) is 6.92 Å². The number of aromatic nitrogens is 1. The van der Waals surface area contributed by atoms with Gasteiger partial charge in [-0.2, -0.15) is 0 Å². The van der Waals surface area contributed by atoms with Gasteiger partial charge in [-0.05, 0) is 33.8 Å². The summed E-state index contributed by atoms with van der Waals surface area (Å²) in [6.45, 7) is 8.01. The molecule has 1 heterocycles. The number of hydrogen-bond acceptors (Lipinski definition) is 5. The number of carbonyl (C=O) groups is 1. The maximum atomic E-state index is 12.1. The zero-order valence-electron chi connectivity index (χ0n) is 12.7. The van der Waals surface area contributed by atoms with Crippen LogP contribution in [0.15, 0.2) is 17.2 Å². The Hall–Kier alpha value is -1.38. The van der Waals surface area contributed by atoms with Crippen molar-refractivity contribution in [3.8, 4) is 0 Å². The van der Waals surface area contributed by atoms with E-state index < -0.39 is 22.1 Å². The quantitative estimate of drug-likeness (QED) is 0.764. The zero-order chi connectivity index (χ0) is 16.2. The number of primary sulfonamides is 1. The highest BCUT2D eigenvalue weighted by Crippen LogP contribution is 2.19. The Morgan fingerprint density at radius 3 is 2.48 bits per heavy atom. The molecular weight excluding hydrogens is 296 g/mol. The topological polar surface area (TPSA) is 101 Å². The third kappa shape index (κ3) is 4.83. The van der Waals surface area contributed by atoms with E-state index in [1.165, 1.54) is 16.8 Å². The van der Waals surface area contributed by atoms with Crippen LogP contribution < -0.4 is 5.14 Å². The van der Waals surface area contributed by atoms with E-state index in [0.717, 1.165) is 0 Å². The van der Waals surface area contributed by atoms with Crippen molar-refractivity contribution in [1.82, 2.24) is 4.57 Å². The van der Waals surface area contributed by atoms with E-state index in [-0.39, 0.29) is 23.2 Å². The van der Waals surface area contributed by atoms with Crippen molar-refractivity contribution >= 4 is 16.0 Å². The van der Waals surface area contributed by atoms with Gasteiger partial charge in [-0.25, -0.2) is 18.4 Å². The summed E-state index contributed by atoms with van der Waals surface area (Å²) in [4.78, 5) is 12.0. The molecule has 0 aliphatic carbocycles. The molecule has 7 nitrogen and oxygen atoms in total. The fraction of sp³-hybridized carbons (Fsp3) is 0.615. The van der Waals surface area contributed by atoms with Crippen LogP contribution in [0.2, 0.25) is 0 Å². The van der Waals surface area contributed by atoms with Crippen LogP contribution in [0.4, 0.5) is 0 Å². The van der Waals surface area contributed by atoms with E-state index in [9.17, 15) is 13.2 Å². The Bertz CT molecular complexity index is 592. The van der Waals surface area contributed by atoms with Gasteiger partial charge in [-0.15, -0.1) is 0 Å². The Labute approximate surface area is 125 Å². The SMILES string of the molecule is CCOCC(C)OC(=O)c1cc(S(N)(=O)=O)cn1C(C)C. The molecule has 0 spiro atoms. The van der Waals surface area contributed by atoms with Crippen LogP contribution >= 0.6 is 0 Å². The average molecular weight is 318 g/mol. The Kier molecular flexibility index (Phi) is 5.94. The van der Waals surface area contributed by atoms with Gasteiger partial charge in [-0.1, -0.05) is 0 Å². The summed E-state index contributed by atoms with van der Waals surface area (Å²) in [6.07, 6.45) is 0.912. The predicted octanol–water partition coefficient (Wildman–Crippen LogP) is 1.30. The third-order valence-corrected chi connectivity index (χ3v) is 3.66. The van der Waals surface area contributed by atoms with Crippen LogP contribution in [-0.4, -0.2) is 38.3 Å². The van der Waals surface area contributed by atoms with Crippen molar-refractivity contribution in [3.63, 3.8) is 0 Å². The standard InChI is InChI=1S/C13H22N2O5S/c1-5-19-8-10(4)20-13(16)12-6-11(21(14,17)18)7-15(12)9(2)3/h6-7,9-10H,5,8H2,1-4H3,(H2,14,17,18). The predicted molar refractivity (Wildman–Crippen MR) is 77.6 cm³/mol. The highest BCUT2D eigenvalue weighted by molar-refractivity contribution is 7.89. The molecule has 0 saturated carbocycles. The van der Waals surface area contributed by atoms with E-state index in [2.05, 4.69) is 0 Å².